The predicted molar refractivity (Wildman–Crippen MR) is 39.8 cm³/mol. The Kier molecular flexibility index (Phi) is 2.44. The lowest BCUT2D eigenvalue weighted by Crippen LogP contribution is -2.23. The lowest BCUT2D eigenvalue weighted by Gasteiger charge is -2.11. The molecule has 0 aromatic carbocycles. The molecular weight excluding hydrogens is 144 g/mol. The number of allylic oxidation sites excluding steroid dienone is 1. The van der Waals surface area contributed by atoms with E-state index < -0.39 is 18.2 Å². The molecule has 2 atom stereocenters. The SMILES string of the molecule is C/C=C/[C@H](O)C1C=CC(=O)O1. The normalized spacial score (nSPS) is 26.0. The number of carbonyl (C=O) groups is 1. The number of hydrogen-bond donors (Lipinski definition) is 1. The fourth-order valence-corrected chi connectivity index (χ4v) is 0.876. The monoisotopic (exact) mass is 154 g/mol. The lowest BCUT2D eigenvalue weighted by atomic mass is 10.2. The first-order chi connectivity index (χ1) is 5.24. The number of cyclic esters (lactones) is 1. The average Bonchev–Trinajstić information content (AvgIpc) is 2.36. The van der Waals surface area contributed by atoms with Gasteiger partial charge in [-0.3, -0.25) is 0 Å². The van der Waals surface area contributed by atoms with Crippen molar-refractivity contribution >= 4 is 5.97 Å². The highest BCUT2D eigenvalue weighted by atomic mass is 16.6. The van der Waals surface area contributed by atoms with Gasteiger partial charge >= 0.3 is 5.97 Å². The van der Waals surface area contributed by atoms with E-state index in [0.29, 0.717) is 0 Å². The number of ether oxygens (including phenoxy) is 1. The summed E-state index contributed by atoms with van der Waals surface area (Å²) in [6.07, 6.45) is 4.93. The summed E-state index contributed by atoms with van der Waals surface area (Å²) in [6.45, 7) is 1.80. The van der Waals surface area contributed by atoms with E-state index in [9.17, 15) is 9.90 Å². The molecule has 3 nitrogen and oxygen atoms in total. The van der Waals surface area contributed by atoms with E-state index in [2.05, 4.69) is 0 Å². The molecular formula is C8H10O3. The average molecular weight is 154 g/mol. The molecule has 0 aromatic heterocycles. The Labute approximate surface area is 65.0 Å². The van der Waals surface area contributed by atoms with Crippen LogP contribution in [0.4, 0.5) is 0 Å². The van der Waals surface area contributed by atoms with Crippen molar-refractivity contribution in [3.63, 3.8) is 0 Å². The van der Waals surface area contributed by atoms with E-state index in [4.69, 9.17) is 4.74 Å². The first kappa shape index (κ1) is 8.01. The minimum Gasteiger partial charge on any atom is -0.452 e. The fraction of sp³-hybridized carbons (Fsp3) is 0.375. The molecule has 0 aliphatic carbocycles. The Balaban J connectivity index is 2.50. The van der Waals surface area contributed by atoms with Crippen LogP contribution in [0.3, 0.4) is 0 Å². The molecule has 1 N–H and O–H groups in total. The fourth-order valence-electron chi connectivity index (χ4n) is 0.876. The predicted octanol–water partition coefficient (Wildman–Crippen LogP) is 0.405. The maximum atomic E-state index is 10.5. The summed E-state index contributed by atoms with van der Waals surface area (Å²) in [5, 5.41) is 9.25. The Bertz CT molecular complexity index is 205. The van der Waals surface area contributed by atoms with Crippen LogP contribution in [0.15, 0.2) is 24.3 Å². The second-order valence-corrected chi connectivity index (χ2v) is 2.28. The summed E-state index contributed by atoms with van der Waals surface area (Å²) < 4.78 is 4.72. The van der Waals surface area contributed by atoms with Gasteiger partial charge in [-0.15, -0.1) is 0 Å². The van der Waals surface area contributed by atoms with Gasteiger partial charge in [0.25, 0.3) is 0 Å². The maximum Gasteiger partial charge on any atom is 0.331 e. The van der Waals surface area contributed by atoms with Gasteiger partial charge in [0, 0.05) is 6.08 Å². The number of aliphatic hydroxyl groups is 1. The second kappa shape index (κ2) is 3.34. The highest BCUT2D eigenvalue weighted by Gasteiger charge is 2.22. The Morgan fingerprint density at radius 1 is 1.82 bits per heavy atom. The van der Waals surface area contributed by atoms with Gasteiger partial charge in [0.2, 0.25) is 0 Å². The molecule has 0 amide bonds. The Morgan fingerprint density at radius 2 is 2.55 bits per heavy atom. The number of rotatable bonds is 2. The molecule has 0 aromatic rings. The molecule has 0 saturated heterocycles. The molecule has 1 heterocycles. The van der Waals surface area contributed by atoms with E-state index in [0.717, 1.165) is 0 Å². The first-order valence-electron chi connectivity index (χ1n) is 3.43. The summed E-state index contributed by atoms with van der Waals surface area (Å²) in [4.78, 5) is 10.5. The molecule has 60 valence electrons. The summed E-state index contributed by atoms with van der Waals surface area (Å²) in [5.41, 5.74) is 0. The summed E-state index contributed by atoms with van der Waals surface area (Å²) >= 11 is 0. The number of aliphatic hydroxyl groups excluding tert-OH is 1. The number of hydrogen-bond acceptors (Lipinski definition) is 3. The molecule has 0 saturated carbocycles. The third-order valence-electron chi connectivity index (χ3n) is 1.40. The first-order valence-corrected chi connectivity index (χ1v) is 3.43. The molecule has 0 bridgehead atoms. The van der Waals surface area contributed by atoms with Gasteiger partial charge in [-0.05, 0) is 13.0 Å². The standard InChI is InChI=1S/C8H10O3/c1-2-3-6(9)7-4-5-8(10)11-7/h2-7,9H,1H3/b3-2+/t6-,7?/m0/s1. The number of carbonyl (C=O) groups excluding carboxylic acids is 1. The number of esters is 1. The third kappa shape index (κ3) is 1.91. The van der Waals surface area contributed by atoms with Gasteiger partial charge in [0.1, 0.15) is 6.10 Å². The van der Waals surface area contributed by atoms with Crippen molar-refractivity contribution in [3.8, 4) is 0 Å². The van der Waals surface area contributed by atoms with E-state index in [1.807, 2.05) is 0 Å². The maximum absolute atomic E-state index is 10.5. The van der Waals surface area contributed by atoms with Crippen LogP contribution < -0.4 is 0 Å². The molecule has 0 fully saturated rings. The topological polar surface area (TPSA) is 46.5 Å². The van der Waals surface area contributed by atoms with Crippen molar-refractivity contribution in [2.45, 2.75) is 19.1 Å². The van der Waals surface area contributed by atoms with Crippen LogP contribution in [0, 0.1) is 0 Å². The Hall–Kier alpha value is -1.09. The molecule has 3 heteroatoms. The van der Waals surface area contributed by atoms with E-state index in [1.165, 1.54) is 6.08 Å². The van der Waals surface area contributed by atoms with Crippen LogP contribution in [-0.2, 0) is 9.53 Å². The summed E-state index contributed by atoms with van der Waals surface area (Å²) in [5.74, 6) is -0.390. The van der Waals surface area contributed by atoms with Crippen molar-refractivity contribution in [3.05, 3.63) is 24.3 Å². The smallest absolute Gasteiger partial charge is 0.331 e. The van der Waals surface area contributed by atoms with Crippen LogP contribution >= 0.6 is 0 Å². The highest BCUT2D eigenvalue weighted by molar-refractivity contribution is 5.84. The van der Waals surface area contributed by atoms with Gasteiger partial charge in [0.05, 0.1) is 0 Å². The highest BCUT2D eigenvalue weighted by Crippen LogP contribution is 2.09. The van der Waals surface area contributed by atoms with Crippen molar-refractivity contribution in [1.29, 1.82) is 0 Å². The van der Waals surface area contributed by atoms with Crippen molar-refractivity contribution in [2.24, 2.45) is 0 Å². The zero-order valence-corrected chi connectivity index (χ0v) is 6.23. The molecule has 0 radical (unpaired) electrons. The van der Waals surface area contributed by atoms with Gasteiger partial charge in [-0.25, -0.2) is 4.79 Å². The minimum atomic E-state index is -0.720. The van der Waals surface area contributed by atoms with Gasteiger partial charge in [-0.1, -0.05) is 12.2 Å². The van der Waals surface area contributed by atoms with Gasteiger partial charge < -0.3 is 9.84 Å². The van der Waals surface area contributed by atoms with Gasteiger partial charge in [0.15, 0.2) is 6.10 Å². The molecule has 1 unspecified atom stereocenters. The van der Waals surface area contributed by atoms with Crippen LogP contribution in [-0.4, -0.2) is 23.3 Å². The van der Waals surface area contributed by atoms with Crippen LogP contribution in [0.1, 0.15) is 6.92 Å². The molecule has 1 aliphatic rings. The molecule has 1 rings (SSSR count). The van der Waals surface area contributed by atoms with Crippen molar-refractivity contribution < 1.29 is 14.6 Å². The molecule has 0 spiro atoms. The molecule has 11 heavy (non-hydrogen) atoms. The van der Waals surface area contributed by atoms with Gasteiger partial charge in [-0.2, -0.15) is 0 Å². The third-order valence-corrected chi connectivity index (χ3v) is 1.40. The van der Waals surface area contributed by atoms with E-state index >= 15 is 0 Å². The van der Waals surface area contributed by atoms with Crippen molar-refractivity contribution in [1.82, 2.24) is 0 Å². The second-order valence-electron chi connectivity index (χ2n) is 2.28. The quantitative estimate of drug-likeness (QED) is 0.462. The summed E-state index contributed by atoms with van der Waals surface area (Å²) in [7, 11) is 0. The molecule has 1 aliphatic heterocycles. The van der Waals surface area contributed by atoms with E-state index in [-0.39, 0.29) is 0 Å². The van der Waals surface area contributed by atoms with Crippen LogP contribution in [0.25, 0.3) is 0 Å². The van der Waals surface area contributed by atoms with Crippen LogP contribution in [0.5, 0.6) is 0 Å². The minimum absolute atomic E-state index is 0.390. The zero-order chi connectivity index (χ0) is 8.27. The zero-order valence-electron chi connectivity index (χ0n) is 6.23. The lowest BCUT2D eigenvalue weighted by molar-refractivity contribution is -0.141. The Morgan fingerprint density at radius 3 is 3.00 bits per heavy atom. The summed E-state index contributed by atoms with van der Waals surface area (Å²) in [6, 6.07) is 0. The van der Waals surface area contributed by atoms with E-state index in [1.54, 1.807) is 25.2 Å². The van der Waals surface area contributed by atoms with Crippen molar-refractivity contribution in [2.75, 3.05) is 0 Å². The van der Waals surface area contributed by atoms with Crippen LogP contribution in [0.2, 0.25) is 0 Å². The largest absolute Gasteiger partial charge is 0.452 e.